The molecule has 2 rings (SSSR count). The molecule has 0 N–H and O–H groups in total. The summed E-state index contributed by atoms with van der Waals surface area (Å²) in [5.41, 5.74) is -0.328. The number of carbonyl (C=O) groups is 1. The van der Waals surface area contributed by atoms with Crippen molar-refractivity contribution in [2.45, 2.75) is 11.8 Å². The van der Waals surface area contributed by atoms with E-state index >= 15 is 0 Å². The highest BCUT2D eigenvalue weighted by Gasteiger charge is 2.46. The van der Waals surface area contributed by atoms with Crippen molar-refractivity contribution in [3.05, 3.63) is 69.7 Å². The van der Waals surface area contributed by atoms with E-state index in [1.54, 1.807) is 30.3 Å². The van der Waals surface area contributed by atoms with Gasteiger partial charge in [0.15, 0.2) is 11.6 Å². The molecule has 20 heavy (non-hydrogen) atoms. The molecule has 6 heteroatoms. The van der Waals surface area contributed by atoms with E-state index in [9.17, 15) is 19.3 Å². The first kappa shape index (κ1) is 14.4. The molecule has 1 aromatic carbocycles. The number of carbonyl (C=O) groups excluding carboxylic acids is 1. The molecule has 2 unspecified atom stereocenters. The summed E-state index contributed by atoms with van der Waals surface area (Å²) in [6, 6.07) is 8.29. The van der Waals surface area contributed by atoms with E-state index in [1.165, 1.54) is 13.0 Å². The number of Topliss-reactive ketones (excluding diaryl/α,β-unsaturated/α-hetero) is 1. The maximum atomic E-state index is 14.1. The van der Waals surface area contributed by atoms with Gasteiger partial charge in [-0.3, -0.25) is 14.9 Å². The normalized spacial score (nSPS) is 25.6. The summed E-state index contributed by atoms with van der Waals surface area (Å²) in [7, 11) is 0. The molecule has 1 aliphatic rings. The van der Waals surface area contributed by atoms with Crippen LogP contribution in [0.3, 0.4) is 0 Å². The molecule has 0 spiro atoms. The summed E-state index contributed by atoms with van der Waals surface area (Å²) in [4.78, 5) is 20.4. The van der Waals surface area contributed by atoms with Gasteiger partial charge in [0.1, 0.15) is 4.87 Å². The van der Waals surface area contributed by atoms with Crippen molar-refractivity contribution in [2.24, 2.45) is 5.92 Å². The summed E-state index contributed by atoms with van der Waals surface area (Å²) >= 11 is 6.06. The van der Waals surface area contributed by atoms with Crippen LogP contribution in [0.5, 0.6) is 0 Å². The summed E-state index contributed by atoms with van der Waals surface area (Å²) in [5.74, 6) is -2.46. The number of halogens is 2. The minimum atomic E-state index is -1.76. The fourth-order valence-corrected chi connectivity index (χ4v) is 2.35. The highest BCUT2D eigenvalue weighted by atomic mass is 35.5. The van der Waals surface area contributed by atoms with Crippen molar-refractivity contribution < 1.29 is 14.1 Å². The molecule has 0 saturated carbocycles. The number of alkyl halides is 1. The predicted octanol–water partition coefficient (Wildman–Crippen LogP) is 3.51. The first-order valence-corrected chi connectivity index (χ1v) is 6.24. The molecule has 0 saturated heterocycles. The van der Waals surface area contributed by atoms with Crippen LogP contribution in [0.2, 0.25) is 0 Å². The van der Waals surface area contributed by atoms with Crippen LogP contribution in [0, 0.1) is 16.0 Å². The van der Waals surface area contributed by atoms with Crippen LogP contribution in [-0.4, -0.2) is 15.6 Å². The van der Waals surface area contributed by atoms with Crippen molar-refractivity contribution in [1.29, 1.82) is 0 Å². The van der Waals surface area contributed by atoms with Crippen LogP contribution in [0.4, 0.5) is 4.39 Å². The topological polar surface area (TPSA) is 60.2 Å². The maximum absolute atomic E-state index is 14.1. The molecule has 0 radical (unpaired) electrons. The molecule has 0 fully saturated rings. The van der Waals surface area contributed by atoms with Gasteiger partial charge in [-0.25, -0.2) is 4.39 Å². The third-order valence-electron chi connectivity index (χ3n) is 3.22. The fourth-order valence-electron chi connectivity index (χ4n) is 2.08. The van der Waals surface area contributed by atoms with Crippen molar-refractivity contribution in [3.63, 3.8) is 0 Å². The highest BCUT2D eigenvalue weighted by molar-refractivity contribution is 6.28. The quantitative estimate of drug-likeness (QED) is 0.371. The van der Waals surface area contributed by atoms with Crippen molar-refractivity contribution in [3.8, 4) is 0 Å². The minimum Gasteiger partial charge on any atom is -0.293 e. The zero-order chi connectivity index (χ0) is 14.9. The van der Waals surface area contributed by atoms with Crippen LogP contribution in [0.15, 0.2) is 54.0 Å². The van der Waals surface area contributed by atoms with Crippen molar-refractivity contribution in [1.82, 2.24) is 0 Å². The zero-order valence-electron chi connectivity index (χ0n) is 10.5. The maximum Gasteiger partial charge on any atom is 0.302 e. The molecule has 0 heterocycles. The highest BCUT2D eigenvalue weighted by Crippen LogP contribution is 2.41. The Morgan fingerprint density at radius 2 is 2.00 bits per heavy atom. The second-order valence-electron chi connectivity index (χ2n) is 4.60. The van der Waals surface area contributed by atoms with E-state index in [0.717, 1.165) is 6.08 Å². The number of nitrogens with zero attached hydrogens (tertiary/aromatic N) is 1. The molecular weight excluding hydrogens is 285 g/mol. The Balaban J connectivity index is 2.40. The molecule has 1 aliphatic carbocycles. The van der Waals surface area contributed by atoms with Gasteiger partial charge in [0, 0.05) is 11.6 Å². The van der Waals surface area contributed by atoms with Crippen LogP contribution in [0.25, 0.3) is 0 Å². The zero-order valence-corrected chi connectivity index (χ0v) is 11.3. The number of benzene rings is 1. The first-order valence-electron chi connectivity index (χ1n) is 5.86. The van der Waals surface area contributed by atoms with Gasteiger partial charge >= 0.3 is 5.70 Å². The largest absolute Gasteiger partial charge is 0.302 e. The number of hydrogen-bond donors (Lipinski definition) is 0. The predicted molar refractivity (Wildman–Crippen MR) is 72.8 cm³/mol. The van der Waals surface area contributed by atoms with E-state index < -0.39 is 27.2 Å². The molecule has 0 aromatic heterocycles. The lowest BCUT2D eigenvalue weighted by molar-refractivity contribution is -0.422. The van der Waals surface area contributed by atoms with Crippen LogP contribution in [0.1, 0.15) is 17.3 Å². The van der Waals surface area contributed by atoms with E-state index in [4.69, 9.17) is 11.6 Å². The lowest BCUT2D eigenvalue weighted by Gasteiger charge is -2.29. The van der Waals surface area contributed by atoms with E-state index in [2.05, 4.69) is 0 Å². The Kier molecular flexibility index (Phi) is 3.72. The van der Waals surface area contributed by atoms with E-state index in [1.807, 2.05) is 0 Å². The van der Waals surface area contributed by atoms with E-state index in [-0.39, 0.29) is 5.78 Å². The molecule has 2 atom stereocenters. The Morgan fingerprint density at radius 3 is 2.55 bits per heavy atom. The number of rotatable bonds is 3. The Hall–Kier alpha value is -2.01. The van der Waals surface area contributed by atoms with Gasteiger partial charge in [0.25, 0.3) is 0 Å². The van der Waals surface area contributed by atoms with Gasteiger partial charge in [-0.2, -0.15) is 0 Å². The number of nitro groups is 1. The van der Waals surface area contributed by atoms with E-state index in [0.29, 0.717) is 5.56 Å². The number of allylic oxidation sites excluding steroid dienone is 3. The SMILES string of the molecule is CC1(Cl)C(F)=C([N+](=O)[O-])C=CC1C(=O)c1ccccc1. The van der Waals surface area contributed by atoms with Gasteiger partial charge in [0.05, 0.1) is 10.8 Å². The molecule has 1 aromatic rings. The molecule has 104 valence electrons. The first-order chi connectivity index (χ1) is 9.35. The van der Waals surface area contributed by atoms with Crippen LogP contribution >= 0.6 is 11.6 Å². The van der Waals surface area contributed by atoms with Crippen molar-refractivity contribution >= 4 is 17.4 Å². The van der Waals surface area contributed by atoms with Crippen LogP contribution in [-0.2, 0) is 0 Å². The third kappa shape index (κ3) is 2.36. The average molecular weight is 296 g/mol. The summed E-state index contributed by atoms with van der Waals surface area (Å²) < 4.78 is 14.1. The lowest BCUT2D eigenvalue weighted by Crippen LogP contribution is -2.37. The molecule has 4 nitrogen and oxygen atoms in total. The molecule has 0 aliphatic heterocycles. The van der Waals surface area contributed by atoms with Crippen molar-refractivity contribution in [2.75, 3.05) is 0 Å². The van der Waals surface area contributed by atoms with Gasteiger partial charge < -0.3 is 0 Å². The Bertz CT molecular complexity index is 623. The summed E-state index contributed by atoms with van der Waals surface area (Å²) in [6.07, 6.45) is 2.27. The monoisotopic (exact) mass is 295 g/mol. The Labute approximate surface area is 119 Å². The lowest BCUT2D eigenvalue weighted by atomic mass is 9.81. The van der Waals surface area contributed by atoms with Gasteiger partial charge in [0.2, 0.25) is 0 Å². The Morgan fingerprint density at radius 1 is 1.40 bits per heavy atom. The minimum absolute atomic E-state index is 0.378. The van der Waals surface area contributed by atoms with Gasteiger partial charge in [-0.1, -0.05) is 36.4 Å². The third-order valence-corrected chi connectivity index (χ3v) is 3.62. The smallest absolute Gasteiger partial charge is 0.293 e. The summed E-state index contributed by atoms with van der Waals surface area (Å²) in [6.45, 7) is 1.27. The molecule has 0 bridgehead atoms. The molecular formula is C14H11ClFNO3. The van der Waals surface area contributed by atoms with Gasteiger partial charge in [-0.15, -0.1) is 11.6 Å². The van der Waals surface area contributed by atoms with Crippen LogP contribution < -0.4 is 0 Å². The second-order valence-corrected chi connectivity index (χ2v) is 5.38. The number of ketones is 1. The van der Waals surface area contributed by atoms with Gasteiger partial charge in [-0.05, 0) is 6.92 Å². The standard InChI is InChI=1S/C14H11ClFNO3/c1-14(15)10(7-8-11(13(14)16)17(19)20)12(18)9-5-3-2-4-6-9/h2-8,10H,1H3. The molecule has 0 amide bonds. The average Bonchev–Trinajstić information content (AvgIpc) is 2.41. The summed E-state index contributed by atoms with van der Waals surface area (Å²) in [5, 5.41) is 10.7. The second kappa shape index (κ2) is 5.17. The number of hydrogen-bond acceptors (Lipinski definition) is 3. The fraction of sp³-hybridized carbons (Fsp3) is 0.214.